The van der Waals surface area contributed by atoms with Crippen LogP contribution in [-0.4, -0.2) is 12.5 Å². The Morgan fingerprint density at radius 1 is 1.16 bits per heavy atom. The molecule has 0 saturated heterocycles. The first-order chi connectivity index (χ1) is 9.24. The summed E-state index contributed by atoms with van der Waals surface area (Å²) in [7, 11) is 0. The predicted octanol–water partition coefficient (Wildman–Crippen LogP) is 3.57. The normalized spacial score (nSPS) is 13.2. The highest BCUT2D eigenvalue weighted by Crippen LogP contribution is 2.43. The molecule has 1 heterocycles. The molecular weight excluding hydrogens is 310 g/mol. The molecule has 0 saturated carbocycles. The summed E-state index contributed by atoms with van der Waals surface area (Å²) in [6.07, 6.45) is 0. The molecule has 0 aromatic heterocycles. The quantitative estimate of drug-likeness (QED) is 0.920. The van der Waals surface area contributed by atoms with E-state index < -0.39 is 0 Å². The Kier molecular flexibility index (Phi) is 3.13. The van der Waals surface area contributed by atoms with Crippen LogP contribution in [0.5, 0.6) is 17.2 Å². The van der Waals surface area contributed by atoms with Gasteiger partial charge in [-0.15, -0.1) is 0 Å². The van der Waals surface area contributed by atoms with Gasteiger partial charge in [-0.05, 0) is 40.2 Å². The number of hydrogen-bond acceptors (Lipinski definition) is 3. The number of nitrogens with one attached hydrogen (secondary N) is 1. The second kappa shape index (κ2) is 4.93. The maximum Gasteiger partial charge on any atom is 0.262 e. The predicted molar refractivity (Wildman–Crippen MR) is 74.8 cm³/mol. The van der Waals surface area contributed by atoms with Crippen molar-refractivity contribution in [1.29, 1.82) is 0 Å². The molecule has 2 aromatic carbocycles. The summed E-state index contributed by atoms with van der Waals surface area (Å²) in [5.41, 5.74) is 0.550. The van der Waals surface area contributed by atoms with Gasteiger partial charge in [0.1, 0.15) is 17.2 Å². The summed E-state index contributed by atoms with van der Waals surface area (Å²) >= 11 is 3.42. The van der Waals surface area contributed by atoms with Gasteiger partial charge in [-0.3, -0.25) is 4.79 Å². The van der Waals surface area contributed by atoms with Crippen LogP contribution >= 0.6 is 15.9 Å². The monoisotopic (exact) mass is 319 g/mol. The van der Waals surface area contributed by atoms with Gasteiger partial charge in [0.25, 0.3) is 5.91 Å². The van der Waals surface area contributed by atoms with Gasteiger partial charge in [0.2, 0.25) is 0 Å². The molecule has 5 heteroatoms. The Hall–Kier alpha value is -2.01. The first-order valence-electron chi connectivity index (χ1n) is 5.72. The number of hydrogen-bond donors (Lipinski definition) is 1. The standard InChI is InChI=1S/C14H10BrNO3/c15-10-6-7-11-13(16-12(17)8-18-11)14(10)19-9-4-2-1-3-5-9/h1-7H,8H2,(H,16,17). The number of carbonyl (C=O) groups excluding carboxylic acids is 1. The summed E-state index contributed by atoms with van der Waals surface area (Å²) in [4.78, 5) is 11.4. The van der Waals surface area contributed by atoms with E-state index in [-0.39, 0.29) is 12.5 Å². The molecule has 1 aliphatic rings. The van der Waals surface area contributed by atoms with Crippen molar-refractivity contribution in [2.45, 2.75) is 0 Å². The number of halogens is 1. The number of benzene rings is 2. The molecule has 0 spiro atoms. The molecular formula is C14H10BrNO3. The molecule has 0 atom stereocenters. The van der Waals surface area contributed by atoms with E-state index in [9.17, 15) is 4.79 Å². The molecule has 1 amide bonds. The Bertz CT molecular complexity index is 628. The van der Waals surface area contributed by atoms with Crippen molar-refractivity contribution in [2.75, 3.05) is 11.9 Å². The second-order valence-electron chi connectivity index (χ2n) is 4.00. The summed E-state index contributed by atoms with van der Waals surface area (Å²) in [5.74, 6) is 1.64. The molecule has 96 valence electrons. The Labute approximate surface area is 118 Å². The van der Waals surface area contributed by atoms with Gasteiger partial charge < -0.3 is 14.8 Å². The third-order valence-corrected chi connectivity index (χ3v) is 3.28. The van der Waals surface area contributed by atoms with Crippen LogP contribution in [0.3, 0.4) is 0 Å². The minimum atomic E-state index is -0.191. The van der Waals surface area contributed by atoms with Gasteiger partial charge in [-0.25, -0.2) is 0 Å². The molecule has 0 fully saturated rings. The third-order valence-electron chi connectivity index (χ3n) is 2.66. The summed E-state index contributed by atoms with van der Waals surface area (Å²) in [5, 5.41) is 2.77. The zero-order valence-electron chi connectivity index (χ0n) is 9.85. The Morgan fingerprint density at radius 3 is 2.74 bits per heavy atom. The topological polar surface area (TPSA) is 47.6 Å². The van der Waals surface area contributed by atoms with Gasteiger partial charge in [-0.2, -0.15) is 0 Å². The fourth-order valence-electron chi connectivity index (χ4n) is 1.80. The number of fused-ring (bicyclic) bond motifs is 1. The lowest BCUT2D eigenvalue weighted by molar-refractivity contribution is -0.118. The van der Waals surface area contributed by atoms with Crippen molar-refractivity contribution >= 4 is 27.5 Å². The Morgan fingerprint density at radius 2 is 1.95 bits per heavy atom. The molecule has 0 unspecified atom stereocenters. The zero-order valence-corrected chi connectivity index (χ0v) is 11.4. The van der Waals surface area contributed by atoms with E-state index in [0.717, 1.165) is 4.47 Å². The first-order valence-corrected chi connectivity index (χ1v) is 6.51. The minimum Gasteiger partial charge on any atom is -0.481 e. The van der Waals surface area contributed by atoms with Gasteiger partial charge in [0.15, 0.2) is 12.4 Å². The smallest absolute Gasteiger partial charge is 0.262 e. The van der Waals surface area contributed by atoms with Crippen LogP contribution in [0.15, 0.2) is 46.9 Å². The molecule has 1 N–H and O–H groups in total. The van der Waals surface area contributed by atoms with Crippen LogP contribution in [0.1, 0.15) is 0 Å². The molecule has 2 aromatic rings. The van der Waals surface area contributed by atoms with Crippen molar-refractivity contribution in [3.63, 3.8) is 0 Å². The van der Waals surface area contributed by atoms with Crippen LogP contribution in [0, 0.1) is 0 Å². The van der Waals surface area contributed by atoms with Crippen LogP contribution in [0.4, 0.5) is 5.69 Å². The van der Waals surface area contributed by atoms with Gasteiger partial charge in [0, 0.05) is 0 Å². The number of anilines is 1. The minimum absolute atomic E-state index is 0.0272. The lowest BCUT2D eigenvalue weighted by Gasteiger charge is -2.21. The highest BCUT2D eigenvalue weighted by atomic mass is 79.9. The number of para-hydroxylation sites is 1. The molecule has 1 aliphatic heterocycles. The highest BCUT2D eigenvalue weighted by molar-refractivity contribution is 9.10. The average Bonchev–Trinajstić information content (AvgIpc) is 2.43. The lowest BCUT2D eigenvalue weighted by Crippen LogP contribution is -2.25. The van der Waals surface area contributed by atoms with Crippen molar-refractivity contribution in [2.24, 2.45) is 0 Å². The van der Waals surface area contributed by atoms with E-state index in [1.165, 1.54) is 0 Å². The maximum atomic E-state index is 11.4. The average molecular weight is 320 g/mol. The van der Waals surface area contributed by atoms with E-state index in [2.05, 4.69) is 21.2 Å². The fraction of sp³-hybridized carbons (Fsp3) is 0.0714. The number of rotatable bonds is 2. The third kappa shape index (κ3) is 2.42. The number of amides is 1. The van der Waals surface area contributed by atoms with Crippen molar-refractivity contribution in [3.05, 3.63) is 46.9 Å². The van der Waals surface area contributed by atoms with E-state index in [4.69, 9.17) is 9.47 Å². The van der Waals surface area contributed by atoms with E-state index in [1.54, 1.807) is 6.07 Å². The molecule has 4 nitrogen and oxygen atoms in total. The number of ether oxygens (including phenoxy) is 2. The first kappa shape index (κ1) is 12.0. The van der Waals surface area contributed by atoms with Crippen LogP contribution < -0.4 is 14.8 Å². The van der Waals surface area contributed by atoms with Crippen LogP contribution in [0.25, 0.3) is 0 Å². The molecule has 0 aliphatic carbocycles. The number of carbonyl (C=O) groups is 1. The second-order valence-corrected chi connectivity index (χ2v) is 4.86. The molecule has 0 bridgehead atoms. The Balaban J connectivity index is 2.03. The molecule has 3 rings (SSSR count). The summed E-state index contributed by atoms with van der Waals surface area (Å²) in [6, 6.07) is 13.0. The van der Waals surface area contributed by atoms with Gasteiger partial charge in [-0.1, -0.05) is 18.2 Å². The van der Waals surface area contributed by atoms with Crippen LogP contribution in [-0.2, 0) is 4.79 Å². The summed E-state index contributed by atoms with van der Waals surface area (Å²) < 4.78 is 11.9. The van der Waals surface area contributed by atoms with Gasteiger partial charge in [0.05, 0.1) is 4.47 Å². The SMILES string of the molecule is O=C1COc2ccc(Br)c(Oc3ccccc3)c2N1. The van der Waals surface area contributed by atoms with Gasteiger partial charge >= 0.3 is 0 Å². The maximum absolute atomic E-state index is 11.4. The largest absolute Gasteiger partial charge is 0.481 e. The molecule has 19 heavy (non-hydrogen) atoms. The lowest BCUT2D eigenvalue weighted by atomic mass is 10.2. The highest BCUT2D eigenvalue weighted by Gasteiger charge is 2.22. The summed E-state index contributed by atoms with van der Waals surface area (Å²) in [6.45, 7) is 0.0272. The fourth-order valence-corrected chi connectivity index (χ4v) is 2.21. The van der Waals surface area contributed by atoms with E-state index in [1.807, 2.05) is 36.4 Å². The van der Waals surface area contributed by atoms with E-state index in [0.29, 0.717) is 22.9 Å². The molecule has 0 radical (unpaired) electrons. The van der Waals surface area contributed by atoms with Crippen LogP contribution in [0.2, 0.25) is 0 Å². The van der Waals surface area contributed by atoms with Crippen molar-refractivity contribution in [3.8, 4) is 17.2 Å². The van der Waals surface area contributed by atoms with Crippen molar-refractivity contribution in [1.82, 2.24) is 0 Å². The zero-order chi connectivity index (χ0) is 13.2. The van der Waals surface area contributed by atoms with E-state index >= 15 is 0 Å². The van der Waals surface area contributed by atoms with Crippen molar-refractivity contribution < 1.29 is 14.3 Å².